The summed E-state index contributed by atoms with van der Waals surface area (Å²) in [6.07, 6.45) is 2.91. The van der Waals surface area contributed by atoms with Crippen molar-refractivity contribution >= 4 is 17.0 Å². The van der Waals surface area contributed by atoms with Crippen molar-refractivity contribution in [2.45, 2.75) is 6.54 Å². The summed E-state index contributed by atoms with van der Waals surface area (Å²) in [6.45, 7) is 0.292. The smallest absolute Gasteiger partial charge is 0.200 e. The first-order valence-corrected chi connectivity index (χ1v) is 5.77. The van der Waals surface area contributed by atoms with Crippen LogP contribution in [0.2, 0.25) is 0 Å². The Hall–Kier alpha value is -3.03. The van der Waals surface area contributed by atoms with Gasteiger partial charge in [-0.15, -0.1) is 0 Å². The van der Waals surface area contributed by atoms with Crippen LogP contribution in [0.1, 0.15) is 5.56 Å². The molecule has 0 saturated heterocycles. The topological polar surface area (TPSA) is 127 Å². The van der Waals surface area contributed by atoms with Gasteiger partial charge in [-0.05, 0) is 17.7 Å². The first-order valence-electron chi connectivity index (χ1n) is 5.77. The highest BCUT2D eigenvalue weighted by Crippen LogP contribution is 2.35. The van der Waals surface area contributed by atoms with E-state index in [4.69, 9.17) is 0 Å². The van der Waals surface area contributed by atoms with Gasteiger partial charge in [0.25, 0.3) is 0 Å². The Kier molecular flexibility index (Phi) is 2.75. The number of aromatic amines is 1. The third-order valence-electron chi connectivity index (χ3n) is 2.81. The molecule has 8 nitrogen and oxygen atoms in total. The normalized spacial score (nSPS) is 10.8. The van der Waals surface area contributed by atoms with Gasteiger partial charge in [0.05, 0.1) is 6.33 Å². The molecule has 0 aliphatic rings. The average Bonchev–Trinajstić information content (AvgIpc) is 2.91. The van der Waals surface area contributed by atoms with Crippen molar-refractivity contribution in [1.82, 2.24) is 19.9 Å². The molecule has 0 saturated carbocycles. The number of nitrogens with one attached hydrogen (secondary N) is 2. The first-order chi connectivity index (χ1) is 9.65. The van der Waals surface area contributed by atoms with Crippen LogP contribution in [0.3, 0.4) is 0 Å². The van der Waals surface area contributed by atoms with Gasteiger partial charge in [-0.1, -0.05) is 0 Å². The Balaban J connectivity index is 1.85. The van der Waals surface area contributed by atoms with Gasteiger partial charge in [0.1, 0.15) is 11.8 Å². The molecule has 8 heteroatoms. The van der Waals surface area contributed by atoms with E-state index in [1.54, 1.807) is 0 Å². The van der Waals surface area contributed by atoms with Gasteiger partial charge >= 0.3 is 0 Å². The minimum atomic E-state index is -0.537. The molecule has 0 bridgehead atoms. The van der Waals surface area contributed by atoms with Gasteiger partial charge in [0.2, 0.25) is 0 Å². The highest BCUT2D eigenvalue weighted by Gasteiger charge is 2.09. The van der Waals surface area contributed by atoms with Crippen LogP contribution < -0.4 is 5.32 Å². The molecular formula is C12H11N5O3. The van der Waals surface area contributed by atoms with Crippen molar-refractivity contribution in [3.8, 4) is 17.2 Å². The number of fused-ring (bicyclic) bond motifs is 1. The molecule has 5 N–H and O–H groups in total. The van der Waals surface area contributed by atoms with Crippen LogP contribution in [0.25, 0.3) is 11.2 Å². The van der Waals surface area contributed by atoms with E-state index in [1.165, 1.54) is 24.8 Å². The maximum atomic E-state index is 9.44. The molecule has 0 fully saturated rings. The lowest BCUT2D eigenvalue weighted by molar-refractivity contribution is 0.367. The Morgan fingerprint density at radius 2 is 1.80 bits per heavy atom. The van der Waals surface area contributed by atoms with E-state index in [0.717, 1.165) is 0 Å². The predicted molar refractivity (Wildman–Crippen MR) is 70.4 cm³/mol. The highest BCUT2D eigenvalue weighted by molar-refractivity contribution is 5.81. The van der Waals surface area contributed by atoms with Crippen LogP contribution in [-0.2, 0) is 6.54 Å². The summed E-state index contributed by atoms with van der Waals surface area (Å²) in [5, 5.41) is 31.2. The van der Waals surface area contributed by atoms with E-state index in [2.05, 4.69) is 25.3 Å². The van der Waals surface area contributed by atoms with E-state index in [9.17, 15) is 15.3 Å². The Morgan fingerprint density at radius 3 is 2.55 bits per heavy atom. The largest absolute Gasteiger partial charge is 0.504 e. The van der Waals surface area contributed by atoms with Gasteiger partial charge in [-0.25, -0.2) is 15.0 Å². The fraction of sp³-hybridized carbons (Fsp3) is 0.0833. The lowest BCUT2D eigenvalue weighted by Gasteiger charge is -2.08. The Bertz CT molecular complexity index is 748. The number of hydrogen-bond acceptors (Lipinski definition) is 7. The summed E-state index contributed by atoms with van der Waals surface area (Å²) in [7, 11) is 0. The second-order valence-electron chi connectivity index (χ2n) is 4.16. The van der Waals surface area contributed by atoms with Crippen molar-refractivity contribution in [2.24, 2.45) is 0 Å². The molecule has 0 unspecified atom stereocenters. The molecule has 1 aromatic carbocycles. The molecule has 3 aromatic rings. The molecule has 0 amide bonds. The van der Waals surface area contributed by atoms with Crippen molar-refractivity contribution in [3.63, 3.8) is 0 Å². The molecule has 20 heavy (non-hydrogen) atoms. The van der Waals surface area contributed by atoms with Crippen LogP contribution >= 0.6 is 0 Å². The van der Waals surface area contributed by atoms with E-state index in [0.29, 0.717) is 29.1 Å². The summed E-state index contributed by atoms with van der Waals surface area (Å²) >= 11 is 0. The number of rotatable bonds is 3. The average molecular weight is 273 g/mol. The number of benzene rings is 1. The summed E-state index contributed by atoms with van der Waals surface area (Å²) in [4.78, 5) is 15.1. The van der Waals surface area contributed by atoms with E-state index in [1.807, 2.05) is 0 Å². The van der Waals surface area contributed by atoms with Crippen molar-refractivity contribution < 1.29 is 15.3 Å². The summed E-state index contributed by atoms with van der Waals surface area (Å²) in [5.74, 6) is -0.766. The number of phenols is 3. The molecule has 0 radical (unpaired) electrons. The fourth-order valence-electron chi connectivity index (χ4n) is 1.84. The van der Waals surface area contributed by atoms with Crippen LogP contribution in [0.15, 0.2) is 24.8 Å². The second-order valence-corrected chi connectivity index (χ2v) is 4.16. The van der Waals surface area contributed by atoms with Gasteiger partial charge in [0.15, 0.2) is 28.7 Å². The van der Waals surface area contributed by atoms with Crippen LogP contribution in [0, 0.1) is 0 Å². The predicted octanol–water partition coefficient (Wildman–Crippen LogP) is 1.08. The molecule has 2 heterocycles. The highest BCUT2D eigenvalue weighted by atomic mass is 16.3. The summed E-state index contributed by atoms with van der Waals surface area (Å²) < 4.78 is 0. The van der Waals surface area contributed by atoms with Crippen molar-refractivity contribution in [2.75, 3.05) is 5.32 Å². The molecule has 2 aromatic heterocycles. The maximum absolute atomic E-state index is 9.44. The zero-order valence-electron chi connectivity index (χ0n) is 10.2. The number of anilines is 1. The third-order valence-corrected chi connectivity index (χ3v) is 2.81. The molecule has 0 atom stereocenters. The lowest BCUT2D eigenvalue weighted by atomic mass is 10.2. The zero-order chi connectivity index (χ0) is 14.1. The SMILES string of the molecule is Oc1cc(CNc2ncnc3[nH]cnc23)cc(O)c1O. The Morgan fingerprint density at radius 1 is 1.05 bits per heavy atom. The van der Waals surface area contributed by atoms with E-state index >= 15 is 0 Å². The van der Waals surface area contributed by atoms with E-state index in [-0.39, 0.29) is 11.5 Å². The molecule has 0 aliphatic heterocycles. The van der Waals surface area contributed by atoms with Gasteiger partial charge < -0.3 is 25.6 Å². The Labute approximate surface area is 112 Å². The van der Waals surface area contributed by atoms with Crippen LogP contribution in [0.4, 0.5) is 5.82 Å². The fourth-order valence-corrected chi connectivity index (χ4v) is 1.84. The van der Waals surface area contributed by atoms with Crippen LogP contribution in [-0.4, -0.2) is 35.3 Å². The number of aromatic hydroxyl groups is 3. The van der Waals surface area contributed by atoms with Crippen molar-refractivity contribution in [1.29, 1.82) is 0 Å². The molecule has 102 valence electrons. The summed E-state index contributed by atoms with van der Waals surface area (Å²) in [6, 6.07) is 2.70. The van der Waals surface area contributed by atoms with Gasteiger partial charge in [-0.3, -0.25) is 0 Å². The second kappa shape index (κ2) is 4.57. The zero-order valence-corrected chi connectivity index (χ0v) is 10.2. The maximum Gasteiger partial charge on any atom is 0.200 e. The number of nitrogens with zero attached hydrogens (tertiary/aromatic N) is 3. The third kappa shape index (κ3) is 2.03. The van der Waals surface area contributed by atoms with Crippen molar-refractivity contribution in [3.05, 3.63) is 30.4 Å². The molecule has 0 aliphatic carbocycles. The monoisotopic (exact) mass is 273 g/mol. The van der Waals surface area contributed by atoms with Gasteiger partial charge in [-0.2, -0.15) is 0 Å². The number of phenolic OH excluding ortho intramolecular Hbond substituents is 3. The lowest BCUT2D eigenvalue weighted by Crippen LogP contribution is -2.02. The molecule has 3 rings (SSSR count). The number of hydrogen-bond donors (Lipinski definition) is 5. The van der Waals surface area contributed by atoms with Crippen LogP contribution in [0.5, 0.6) is 17.2 Å². The van der Waals surface area contributed by atoms with E-state index < -0.39 is 5.75 Å². The minimum Gasteiger partial charge on any atom is -0.504 e. The quantitative estimate of drug-likeness (QED) is 0.452. The molecule has 0 spiro atoms. The minimum absolute atomic E-state index is 0.292. The number of imidazole rings is 1. The number of H-pyrrole nitrogens is 1. The standard InChI is InChI=1S/C12H11N5O3/c18-7-1-6(2-8(19)10(7)20)3-13-11-9-12(15-4-14-9)17-5-16-11/h1-2,4-5,18-20H,3H2,(H2,13,14,15,16,17). The summed E-state index contributed by atoms with van der Waals surface area (Å²) in [5.41, 5.74) is 1.79. The molecular weight excluding hydrogens is 262 g/mol. The van der Waals surface area contributed by atoms with Gasteiger partial charge in [0, 0.05) is 6.54 Å². The number of aromatic nitrogens is 4. The first kappa shape index (κ1) is 12.0.